The molecule has 1 amide bonds. The van der Waals surface area contributed by atoms with Gasteiger partial charge in [0, 0.05) is 0 Å². The van der Waals surface area contributed by atoms with E-state index in [9.17, 15) is 0 Å². The van der Waals surface area contributed by atoms with Crippen LogP contribution in [0.1, 0.15) is 0 Å². The zero-order chi connectivity index (χ0) is 3.41. The molecule has 0 spiro atoms. The Labute approximate surface area is 79.1 Å². The Morgan fingerprint density at radius 1 is 1.80 bits per heavy atom. The van der Waals surface area contributed by atoms with Crippen LogP contribution in [-0.2, 0) is 4.79 Å². The molecule has 0 saturated carbocycles. The normalized spacial score (nSPS) is 4.20. The minimum atomic E-state index is 0. The van der Waals surface area contributed by atoms with E-state index < -0.39 is 0 Å². The maximum Gasteiger partial charge on any atom is 1.00 e. The van der Waals surface area contributed by atoms with Crippen molar-refractivity contribution in [2.75, 3.05) is 0 Å². The van der Waals surface area contributed by atoms with Gasteiger partial charge in [0.15, 0.2) is 0 Å². The van der Waals surface area contributed by atoms with E-state index in [2.05, 4.69) is 5.84 Å². The molecule has 0 aromatic rings. The van der Waals surface area contributed by atoms with E-state index in [0.717, 1.165) is 0 Å². The summed E-state index contributed by atoms with van der Waals surface area (Å²) in [6, 6.07) is 0. The Balaban J connectivity index is 0. The molecule has 0 aromatic carbocycles. The van der Waals surface area contributed by atoms with Crippen molar-refractivity contribution in [3.8, 4) is 0 Å². The fourth-order valence-electron chi connectivity index (χ4n) is 0. The topological polar surface area (TPSA) is 55.1 Å². The zero-order valence-corrected chi connectivity index (χ0v) is 7.90. The summed E-state index contributed by atoms with van der Waals surface area (Å²) >= 11 is 0. The standard InChI is InChI=1S/CH3N2O.Rb/c2-3-1-4;/h2H2,(H,3,4);/q-1;+1. The van der Waals surface area contributed by atoms with Crippen LogP contribution >= 0.6 is 0 Å². The van der Waals surface area contributed by atoms with Gasteiger partial charge in [-0.05, 0) is 0 Å². The third-order valence-corrected chi connectivity index (χ3v) is 0.0589. The third-order valence-electron chi connectivity index (χ3n) is 0.0589. The van der Waals surface area contributed by atoms with Crippen molar-refractivity contribution in [1.29, 1.82) is 0 Å². The van der Waals surface area contributed by atoms with Gasteiger partial charge in [0.25, 0.3) is 0 Å². The summed E-state index contributed by atoms with van der Waals surface area (Å²) in [6.45, 7) is 0. The molecule has 3 N–H and O–H groups in total. The molecule has 0 aliphatic carbocycles. The van der Waals surface area contributed by atoms with Gasteiger partial charge in [-0.2, -0.15) is 6.41 Å². The predicted molar refractivity (Wildman–Crippen MR) is 13.0 cm³/mol. The van der Waals surface area contributed by atoms with Crippen molar-refractivity contribution < 1.29 is 63.0 Å². The van der Waals surface area contributed by atoms with Crippen LogP contribution in [0.15, 0.2) is 0 Å². The molecule has 0 aromatic heterocycles. The van der Waals surface area contributed by atoms with Crippen molar-refractivity contribution in [2.24, 2.45) is 5.84 Å². The smallest absolute Gasteiger partial charge is 0.519 e. The number of nitrogens with one attached hydrogen (secondary N) is 1. The van der Waals surface area contributed by atoms with Crippen molar-refractivity contribution in [1.82, 2.24) is 5.43 Å². The Bertz CT molecular complexity index is 23.6. The molecule has 4 heteroatoms. The summed E-state index contributed by atoms with van der Waals surface area (Å²) in [5.74, 6) is 4.35. The number of hydrogen-bond acceptors (Lipinski definition) is 2. The summed E-state index contributed by atoms with van der Waals surface area (Å²) in [6.07, 6.45) is 1.21. The van der Waals surface area contributed by atoms with Crippen LogP contribution in [0.25, 0.3) is 0 Å². The first-order valence-electron chi connectivity index (χ1n) is 0.743. The summed E-state index contributed by atoms with van der Waals surface area (Å²) in [7, 11) is 0. The van der Waals surface area contributed by atoms with E-state index in [1.165, 1.54) is 6.41 Å². The first kappa shape index (κ1) is 9.53. The number of rotatable bonds is 1. The zero-order valence-electron chi connectivity index (χ0n) is 2.99. The Kier molecular flexibility index (Phi) is 17.1. The van der Waals surface area contributed by atoms with Crippen LogP contribution in [0.3, 0.4) is 0 Å². The van der Waals surface area contributed by atoms with Crippen molar-refractivity contribution in [2.45, 2.75) is 0 Å². The number of carbonyl (C=O) groups excluding carboxylic acids is 1. The van der Waals surface area contributed by atoms with Crippen LogP contribution < -0.4 is 69.5 Å². The molecule has 0 bridgehead atoms. The maximum atomic E-state index is 8.81. The van der Waals surface area contributed by atoms with Crippen LogP contribution in [0, 0.1) is 0 Å². The monoisotopic (exact) mass is 144 g/mol. The quantitative estimate of drug-likeness (QED) is 0.128. The molecule has 0 heterocycles. The van der Waals surface area contributed by atoms with E-state index in [1.807, 2.05) is 0 Å². The predicted octanol–water partition coefficient (Wildman–Crippen LogP) is -4.48. The van der Waals surface area contributed by atoms with Gasteiger partial charge in [0.1, 0.15) is 0 Å². The van der Waals surface area contributed by atoms with Crippen molar-refractivity contribution in [3.63, 3.8) is 0 Å². The molecule has 5 heavy (non-hydrogen) atoms. The van der Waals surface area contributed by atoms with Gasteiger partial charge in [-0.25, -0.2) is 0 Å². The number of amides is 1. The molecule has 3 nitrogen and oxygen atoms in total. The Morgan fingerprint density at radius 3 is 2.00 bits per heavy atom. The molecular weight excluding hydrogens is 141 g/mol. The summed E-state index contributed by atoms with van der Waals surface area (Å²) < 4.78 is 0. The second-order valence-electron chi connectivity index (χ2n) is 0.246. The number of nitrogens with two attached hydrogens (primary N) is 1. The molecule has 0 atom stereocenters. The van der Waals surface area contributed by atoms with Crippen LogP contribution in [0.2, 0.25) is 0 Å². The largest absolute Gasteiger partial charge is 1.00 e. The van der Waals surface area contributed by atoms with Crippen LogP contribution in [0.4, 0.5) is 0 Å². The fourth-order valence-corrected chi connectivity index (χ4v) is 0. The minimum Gasteiger partial charge on any atom is -0.519 e. The van der Waals surface area contributed by atoms with E-state index in [0.29, 0.717) is 0 Å². The minimum absolute atomic E-state index is 0. The molecule has 0 aliphatic rings. The molecule has 0 aliphatic heterocycles. The summed E-state index contributed by atoms with van der Waals surface area (Å²) in [5.41, 5.74) is 1.62. The van der Waals surface area contributed by atoms with Gasteiger partial charge in [0.2, 0.25) is 0 Å². The fraction of sp³-hybridized carbons (Fsp3) is 0. The second kappa shape index (κ2) is 8.97. The van der Waals surface area contributed by atoms with Gasteiger partial charge in [-0.15, -0.1) is 0 Å². The summed E-state index contributed by atoms with van der Waals surface area (Å²) in [4.78, 5) is 8.81. The maximum absolute atomic E-state index is 8.81. The van der Waals surface area contributed by atoms with E-state index >= 15 is 0 Å². The number of hydrazine groups is 1. The molecular formula is CH3N2ORb. The molecule has 24 valence electrons. The van der Waals surface area contributed by atoms with Crippen LogP contribution in [0.5, 0.6) is 0 Å². The average molecular weight is 145 g/mol. The summed E-state index contributed by atoms with van der Waals surface area (Å²) in [5, 5.41) is 0. The molecule has 0 radical (unpaired) electrons. The first-order chi connectivity index (χ1) is 1.91. The Morgan fingerprint density at radius 2 is 2.00 bits per heavy atom. The SMILES string of the molecule is NN[C-]=O.[Rb+]. The molecule has 0 unspecified atom stereocenters. The van der Waals surface area contributed by atoms with Gasteiger partial charge in [0.05, 0.1) is 0 Å². The van der Waals surface area contributed by atoms with Gasteiger partial charge >= 0.3 is 58.2 Å². The molecule has 0 fully saturated rings. The van der Waals surface area contributed by atoms with E-state index in [4.69, 9.17) is 4.79 Å². The Hall–Kier alpha value is 1.24. The van der Waals surface area contributed by atoms with Crippen LogP contribution in [-0.4, -0.2) is 6.41 Å². The van der Waals surface area contributed by atoms with Gasteiger partial charge < -0.3 is 10.2 Å². The van der Waals surface area contributed by atoms with Gasteiger partial charge in [-0.1, -0.05) is 0 Å². The van der Waals surface area contributed by atoms with Crippen molar-refractivity contribution in [3.05, 3.63) is 0 Å². The van der Waals surface area contributed by atoms with E-state index in [-0.39, 0.29) is 58.2 Å². The molecule has 0 rings (SSSR count). The second-order valence-corrected chi connectivity index (χ2v) is 0.246. The van der Waals surface area contributed by atoms with E-state index in [1.54, 1.807) is 5.43 Å². The van der Waals surface area contributed by atoms with Crippen molar-refractivity contribution >= 4 is 6.41 Å². The average Bonchev–Trinajstić information content (AvgIpc) is 1.37. The number of hydrogen-bond donors (Lipinski definition) is 2. The first-order valence-corrected chi connectivity index (χ1v) is 0.743. The molecule has 0 saturated heterocycles. The van der Waals surface area contributed by atoms with Gasteiger partial charge in [-0.3, -0.25) is 5.84 Å². The third kappa shape index (κ3) is 11.0.